The van der Waals surface area contributed by atoms with E-state index in [2.05, 4.69) is 16.6 Å². The predicted molar refractivity (Wildman–Crippen MR) is 80.3 cm³/mol. The van der Waals surface area contributed by atoms with Crippen LogP contribution in [0.25, 0.3) is 0 Å². The van der Waals surface area contributed by atoms with Crippen molar-refractivity contribution in [2.24, 2.45) is 11.7 Å². The summed E-state index contributed by atoms with van der Waals surface area (Å²) < 4.78 is 26.1. The summed E-state index contributed by atoms with van der Waals surface area (Å²) in [5.74, 6) is 6.25. The fourth-order valence-electron chi connectivity index (χ4n) is 1.34. The van der Waals surface area contributed by atoms with Crippen molar-refractivity contribution in [1.82, 2.24) is 4.72 Å². The first kappa shape index (κ1) is 16.2. The molecular weight excluding hydrogens is 280 g/mol. The largest absolute Gasteiger partial charge is 0.320 e. The Morgan fingerprint density at radius 3 is 2.84 bits per heavy atom. The Hall–Kier alpha value is -0.870. The third-order valence-corrected chi connectivity index (χ3v) is 4.71. The van der Waals surface area contributed by atoms with Crippen LogP contribution in [0.5, 0.6) is 0 Å². The van der Waals surface area contributed by atoms with Gasteiger partial charge in [0.2, 0.25) is 10.0 Å². The summed E-state index contributed by atoms with van der Waals surface area (Å²) >= 11 is 1.49. The Balaban J connectivity index is 2.50. The molecule has 0 saturated carbocycles. The van der Waals surface area contributed by atoms with Crippen molar-refractivity contribution in [3.8, 4) is 11.8 Å². The van der Waals surface area contributed by atoms with Gasteiger partial charge in [-0.1, -0.05) is 25.7 Å². The highest BCUT2D eigenvalue weighted by molar-refractivity contribution is 7.89. The summed E-state index contributed by atoms with van der Waals surface area (Å²) in [6, 6.07) is 1.89. The number of sulfonamides is 1. The van der Waals surface area contributed by atoms with Crippen LogP contribution < -0.4 is 10.5 Å². The average Bonchev–Trinajstić information content (AvgIpc) is 2.80. The fourth-order valence-corrected chi connectivity index (χ4v) is 3.48. The molecule has 0 unspecified atom stereocenters. The van der Waals surface area contributed by atoms with Crippen molar-refractivity contribution in [3.63, 3.8) is 0 Å². The van der Waals surface area contributed by atoms with Crippen LogP contribution in [0.2, 0.25) is 0 Å². The molecule has 0 aliphatic rings. The zero-order chi connectivity index (χ0) is 14.3. The minimum Gasteiger partial charge on any atom is -0.320 e. The standard InChI is InChI=1S/C13H20N2O2S2/c1-11(2)5-7-19(16,17)15-9-13-8-12(10-18-13)4-3-6-14/h8,10-11,15H,5-7,9,14H2,1-2H3. The van der Waals surface area contributed by atoms with E-state index in [0.29, 0.717) is 25.4 Å². The minimum atomic E-state index is -3.18. The molecule has 0 spiro atoms. The SMILES string of the molecule is CC(C)CCS(=O)(=O)NCc1cc(C#CCN)cs1. The number of nitrogens with one attached hydrogen (secondary N) is 1. The molecule has 0 saturated heterocycles. The maximum Gasteiger partial charge on any atom is 0.211 e. The van der Waals surface area contributed by atoms with Gasteiger partial charge in [-0.15, -0.1) is 11.3 Å². The van der Waals surface area contributed by atoms with Gasteiger partial charge in [-0.3, -0.25) is 0 Å². The third kappa shape index (κ3) is 6.73. The smallest absolute Gasteiger partial charge is 0.211 e. The number of thiophene rings is 1. The number of rotatable bonds is 6. The zero-order valence-corrected chi connectivity index (χ0v) is 12.9. The van der Waals surface area contributed by atoms with Gasteiger partial charge in [-0.05, 0) is 18.4 Å². The molecule has 19 heavy (non-hydrogen) atoms. The Morgan fingerprint density at radius 2 is 2.21 bits per heavy atom. The fraction of sp³-hybridized carbons (Fsp3) is 0.538. The molecule has 0 bridgehead atoms. The third-order valence-electron chi connectivity index (χ3n) is 2.42. The second-order valence-electron chi connectivity index (χ2n) is 4.63. The normalized spacial score (nSPS) is 11.4. The zero-order valence-electron chi connectivity index (χ0n) is 11.3. The van der Waals surface area contributed by atoms with Gasteiger partial charge in [0.15, 0.2) is 0 Å². The van der Waals surface area contributed by atoms with Gasteiger partial charge in [0, 0.05) is 22.4 Å². The van der Waals surface area contributed by atoms with Crippen LogP contribution in [0.4, 0.5) is 0 Å². The molecule has 6 heteroatoms. The molecule has 4 nitrogen and oxygen atoms in total. The molecule has 0 fully saturated rings. The van der Waals surface area contributed by atoms with Gasteiger partial charge in [-0.2, -0.15) is 0 Å². The second kappa shape index (κ2) is 7.65. The van der Waals surface area contributed by atoms with Gasteiger partial charge in [0.05, 0.1) is 12.3 Å². The first-order valence-corrected chi connectivity index (χ1v) is 8.70. The van der Waals surface area contributed by atoms with Crippen molar-refractivity contribution in [1.29, 1.82) is 0 Å². The highest BCUT2D eigenvalue weighted by Gasteiger charge is 2.11. The highest BCUT2D eigenvalue weighted by atomic mass is 32.2. The van der Waals surface area contributed by atoms with Gasteiger partial charge in [0.25, 0.3) is 0 Å². The molecule has 106 valence electrons. The lowest BCUT2D eigenvalue weighted by atomic mass is 10.2. The average molecular weight is 300 g/mol. The first-order chi connectivity index (χ1) is 8.93. The van der Waals surface area contributed by atoms with Crippen molar-refractivity contribution in [2.45, 2.75) is 26.8 Å². The van der Waals surface area contributed by atoms with Crippen LogP contribution in [0.1, 0.15) is 30.7 Å². The Labute approximate surface area is 119 Å². The molecule has 0 atom stereocenters. The van der Waals surface area contributed by atoms with Gasteiger partial charge < -0.3 is 5.73 Å². The summed E-state index contributed by atoms with van der Waals surface area (Å²) in [5.41, 5.74) is 6.18. The number of hydrogen-bond acceptors (Lipinski definition) is 4. The van der Waals surface area contributed by atoms with E-state index < -0.39 is 10.0 Å². The molecular formula is C13H20N2O2S2. The van der Waals surface area contributed by atoms with Crippen molar-refractivity contribution >= 4 is 21.4 Å². The van der Waals surface area contributed by atoms with E-state index in [9.17, 15) is 8.42 Å². The predicted octanol–water partition coefficient (Wildman–Crippen LogP) is 1.52. The maximum atomic E-state index is 11.7. The lowest BCUT2D eigenvalue weighted by Gasteiger charge is -2.07. The molecule has 0 aromatic carbocycles. The van der Waals surface area contributed by atoms with Gasteiger partial charge in [0.1, 0.15) is 0 Å². The Bertz CT molecular complexity index is 551. The first-order valence-electron chi connectivity index (χ1n) is 6.16. The van der Waals surface area contributed by atoms with E-state index >= 15 is 0 Å². The van der Waals surface area contributed by atoms with Crippen LogP contribution in [-0.2, 0) is 16.6 Å². The molecule has 0 radical (unpaired) electrons. The van der Waals surface area contributed by atoms with E-state index in [0.717, 1.165) is 10.4 Å². The van der Waals surface area contributed by atoms with E-state index in [1.165, 1.54) is 11.3 Å². The summed E-state index contributed by atoms with van der Waals surface area (Å²) in [6.07, 6.45) is 0.674. The van der Waals surface area contributed by atoms with E-state index in [1.54, 1.807) is 0 Å². The summed E-state index contributed by atoms with van der Waals surface area (Å²) in [6.45, 7) is 4.68. The summed E-state index contributed by atoms with van der Waals surface area (Å²) in [5, 5.41) is 1.90. The monoisotopic (exact) mass is 300 g/mol. The molecule has 0 aliphatic carbocycles. The molecule has 1 rings (SSSR count). The molecule has 3 N–H and O–H groups in total. The van der Waals surface area contributed by atoms with Crippen LogP contribution in [0.15, 0.2) is 11.4 Å². The number of nitrogens with two attached hydrogens (primary N) is 1. The van der Waals surface area contributed by atoms with Crippen molar-refractivity contribution in [3.05, 3.63) is 21.9 Å². The maximum absolute atomic E-state index is 11.7. The topological polar surface area (TPSA) is 72.2 Å². The lowest BCUT2D eigenvalue weighted by molar-refractivity contribution is 0.562. The quantitative estimate of drug-likeness (QED) is 0.783. The second-order valence-corrected chi connectivity index (χ2v) is 7.55. The van der Waals surface area contributed by atoms with Crippen LogP contribution in [0.3, 0.4) is 0 Å². The van der Waals surface area contributed by atoms with Gasteiger partial charge in [-0.25, -0.2) is 13.1 Å². The Morgan fingerprint density at radius 1 is 1.47 bits per heavy atom. The van der Waals surface area contributed by atoms with Gasteiger partial charge >= 0.3 is 0 Å². The molecule has 0 aliphatic heterocycles. The molecule has 1 heterocycles. The highest BCUT2D eigenvalue weighted by Crippen LogP contribution is 2.14. The molecule has 1 aromatic rings. The van der Waals surface area contributed by atoms with Crippen molar-refractivity contribution in [2.75, 3.05) is 12.3 Å². The Kier molecular flexibility index (Phi) is 6.52. The molecule has 0 amide bonds. The van der Waals surface area contributed by atoms with Crippen LogP contribution in [-0.4, -0.2) is 20.7 Å². The summed E-state index contributed by atoms with van der Waals surface area (Å²) in [4.78, 5) is 0.953. The van der Waals surface area contributed by atoms with Crippen molar-refractivity contribution < 1.29 is 8.42 Å². The number of hydrogen-bond donors (Lipinski definition) is 2. The van der Waals surface area contributed by atoms with Crippen LogP contribution >= 0.6 is 11.3 Å². The summed E-state index contributed by atoms with van der Waals surface area (Å²) in [7, 11) is -3.18. The lowest BCUT2D eigenvalue weighted by Crippen LogP contribution is -2.26. The minimum absolute atomic E-state index is 0.176. The van der Waals surface area contributed by atoms with E-state index in [4.69, 9.17) is 5.73 Å². The van der Waals surface area contributed by atoms with Crippen LogP contribution in [0, 0.1) is 17.8 Å². The molecule has 1 aromatic heterocycles. The van der Waals surface area contributed by atoms with E-state index in [1.807, 2.05) is 25.3 Å². The van der Waals surface area contributed by atoms with E-state index in [-0.39, 0.29) is 5.75 Å².